The van der Waals surface area contributed by atoms with Crippen LogP contribution in [0, 0.1) is 6.92 Å². The summed E-state index contributed by atoms with van der Waals surface area (Å²) in [7, 11) is 0. The van der Waals surface area contributed by atoms with Crippen LogP contribution in [-0.2, 0) is 6.42 Å². The van der Waals surface area contributed by atoms with Crippen LogP contribution in [0.1, 0.15) is 11.1 Å². The largest absolute Gasteiger partial charge is 0.456 e. The number of rotatable bonds is 2. The van der Waals surface area contributed by atoms with E-state index in [2.05, 4.69) is 31.7 Å². The lowest BCUT2D eigenvalue weighted by atomic mass is 10.0. The first-order chi connectivity index (χ1) is 8.29. The van der Waals surface area contributed by atoms with Gasteiger partial charge in [0.1, 0.15) is 11.2 Å². The molecule has 3 rings (SSSR count). The molecule has 0 N–H and O–H groups in total. The topological polar surface area (TPSA) is 13.1 Å². The highest BCUT2D eigenvalue weighted by molar-refractivity contribution is 6.06. The Hall–Kier alpha value is -2.02. The van der Waals surface area contributed by atoms with E-state index in [1.807, 2.05) is 24.3 Å². The minimum Gasteiger partial charge on any atom is -0.456 e. The fourth-order valence-corrected chi connectivity index (χ4v) is 2.34. The van der Waals surface area contributed by atoms with Gasteiger partial charge in [0.25, 0.3) is 0 Å². The van der Waals surface area contributed by atoms with E-state index in [-0.39, 0.29) is 0 Å². The molecule has 0 aliphatic carbocycles. The van der Waals surface area contributed by atoms with Crippen LogP contribution in [0.15, 0.2) is 53.5 Å². The zero-order valence-corrected chi connectivity index (χ0v) is 9.86. The third-order valence-corrected chi connectivity index (χ3v) is 3.15. The van der Waals surface area contributed by atoms with Gasteiger partial charge in [-0.15, -0.1) is 6.58 Å². The standard InChI is InChI=1S/C16H14O/c1-3-5-12-8-9-14-13(10-12)16-11(2)6-4-7-15(16)17-14/h3-4,6-10H,1,5H2,2H3. The molecule has 0 radical (unpaired) electrons. The minimum absolute atomic E-state index is 0.897. The maximum atomic E-state index is 5.84. The predicted octanol–water partition coefficient (Wildman–Crippen LogP) is 4.62. The SMILES string of the molecule is C=CCc1ccc2oc3cccc(C)c3c2c1. The fourth-order valence-electron chi connectivity index (χ4n) is 2.34. The van der Waals surface area contributed by atoms with Crippen molar-refractivity contribution in [3.05, 3.63) is 60.2 Å². The Morgan fingerprint density at radius 2 is 2.06 bits per heavy atom. The Kier molecular flexibility index (Phi) is 2.25. The average Bonchev–Trinajstić information content (AvgIpc) is 2.68. The van der Waals surface area contributed by atoms with Crippen molar-refractivity contribution in [1.82, 2.24) is 0 Å². The highest BCUT2D eigenvalue weighted by Gasteiger charge is 2.08. The molecule has 0 spiro atoms. The van der Waals surface area contributed by atoms with Crippen molar-refractivity contribution in [3.63, 3.8) is 0 Å². The molecule has 3 aromatic rings. The van der Waals surface area contributed by atoms with E-state index >= 15 is 0 Å². The number of hydrogen-bond donors (Lipinski definition) is 0. The van der Waals surface area contributed by atoms with Gasteiger partial charge in [-0.1, -0.05) is 24.3 Å². The smallest absolute Gasteiger partial charge is 0.135 e. The molecule has 0 unspecified atom stereocenters. The molecule has 0 aliphatic rings. The van der Waals surface area contributed by atoms with Crippen molar-refractivity contribution in [2.45, 2.75) is 13.3 Å². The summed E-state index contributed by atoms with van der Waals surface area (Å²) >= 11 is 0. The third-order valence-electron chi connectivity index (χ3n) is 3.15. The molecule has 84 valence electrons. The summed E-state index contributed by atoms with van der Waals surface area (Å²) in [4.78, 5) is 0. The molecule has 0 bridgehead atoms. The van der Waals surface area contributed by atoms with Crippen LogP contribution < -0.4 is 0 Å². The Bertz CT molecular complexity index is 704. The lowest BCUT2D eigenvalue weighted by molar-refractivity contribution is 0.668. The van der Waals surface area contributed by atoms with Gasteiger partial charge in [-0.25, -0.2) is 0 Å². The lowest BCUT2D eigenvalue weighted by Crippen LogP contribution is -1.80. The maximum absolute atomic E-state index is 5.84. The van der Waals surface area contributed by atoms with E-state index in [1.54, 1.807) is 0 Å². The van der Waals surface area contributed by atoms with Crippen LogP contribution in [0.4, 0.5) is 0 Å². The quantitative estimate of drug-likeness (QED) is 0.576. The maximum Gasteiger partial charge on any atom is 0.135 e. The van der Waals surface area contributed by atoms with Crippen LogP contribution in [0.3, 0.4) is 0 Å². The Balaban J connectivity index is 2.40. The summed E-state index contributed by atoms with van der Waals surface area (Å²) in [5.74, 6) is 0. The molecule has 0 amide bonds. The molecule has 0 saturated heterocycles. The molecule has 0 aliphatic heterocycles. The van der Waals surface area contributed by atoms with E-state index in [1.165, 1.54) is 21.9 Å². The monoisotopic (exact) mass is 222 g/mol. The summed E-state index contributed by atoms with van der Waals surface area (Å²) in [5.41, 5.74) is 4.47. The van der Waals surface area contributed by atoms with Crippen molar-refractivity contribution >= 4 is 21.9 Å². The molecule has 1 aromatic heterocycles. The van der Waals surface area contributed by atoms with E-state index < -0.39 is 0 Å². The van der Waals surface area contributed by atoms with Gasteiger partial charge in [0.2, 0.25) is 0 Å². The molecular weight excluding hydrogens is 208 g/mol. The third kappa shape index (κ3) is 1.55. The molecule has 0 saturated carbocycles. The summed E-state index contributed by atoms with van der Waals surface area (Å²) in [6, 6.07) is 12.5. The predicted molar refractivity (Wildman–Crippen MR) is 72.4 cm³/mol. The van der Waals surface area contributed by atoms with Crippen LogP contribution in [0.2, 0.25) is 0 Å². The molecule has 0 fully saturated rings. The number of benzene rings is 2. The van der Waals surface area contributed by atoms with Gasteiger partial charge >= 0.3 is 0 Å². The summed E-state index contributed by atoms with van der Waals surface area (Å²) in [6.07, 6.45) is 2.82. The molecule has 1 heterocycles. The summed E-state index contributed by atoms with van der Waals surface area (Å²) in [5, 5.41) is 2.44. The molecular formula is C16H14O. The Morgan fingerprint density at radius 3 is 2.88 bits per heavy atom. The van der Waals surface area contributed by atoms with Gasteiger partial charge in [0, 0.05) is 10.8 Å². The highest BCUT2D eigenvalue weighted by Crippen LogP contribution is 2.31. The van der Waals surface area contributed by atoms with Crippen molar-refractivity contribution in [3.8, 4) is 0 Å². The second-order valence-electron chi connectivity index (χ2n) is 4.37. The zero-order valence-electron chi connectivity index (χ0n) is 9.86. The van der Waals surface area contributed by atoms with Gasteiger partial charge in [-0.2, -0.15) is 0 Å². The molecule has 2 aromatic carbocycles. The molecule has 1 heteroatoms. The number of aryl methyl sites for hydroxylation is 1. The normalized spacial score (nSPS) is 11.1. The summed E-state index contributed by atoms with van der Waals surface area (Å²) < 4.78 is 5.84. The number of allylic oxidation sites excluding steroid dienone is 1. The highest BCUT2D eigenvalue weighted by atomic mass is 16.3. The van der Waals surface area contributed by atoms with E-state index in [9.17, 15) is 0 Å². The zero-order chi connectivity index (χ0) is 11.8. The van der Waals surface area contributed by atoms with Crippen LogP contribution in [0.5, 0.6) is 0 Å². The van der Waals surface area contributed by atoms with E-state index in [0.717, 1.165) is 17.6 Å². The van der Waals surface area contributed by atoms with Crippen molar-refractivity contribution < 1.29 is 4.42 Å². The summed E-state index contributed by atoms with van der Waals surface area (Å²) in [6.45, 7) is 5.90. The first-order valence-electron chi connectivity index (χ1n) is 5.81. The van der Waals surface area contributed by atoms with Gasteiger partial charge < -0.3 is 4.42 Å². The first-order valence-corrected chi connectivity index (χ1v) is 5.81. The Labute approximate surface area is 100 Å². The Morgan fingerprint density at radius 1 is 1.18 bits per heavy atom. The lowest BCUT2D eigenvalue weighted by Gasteiger charge is -1.97. The van der Waals surface area contributed by atoms with Crippen LogP contribution >= 0.6 is 0 Å². The van der Waals surface area contributed by atoms with Crippen LogP contribution in [0.25, 0.3) is 21.9 Å². The van der Waals surface area contributed by atoms with Gasteiger partial charge in [0.05, 0.1) is 0 Å². The molecule has 0 atom stereocenters. The number of hydrogen-bond acceptors (Lipinski definition) is 1. The van der Waals surface area contributed by atoms with Gasteiger partial charge in [-0.05, 0) is 42.7 Å². The van der Waals surface area contributed by atoms with Gasteiger partial charge in [-0.3, -0.25) is 0 Å². The van der Waals surface area contributed by atoms with Crippen molar-refractivity contribution in [2.75, 3.05) is 0 Å². The molecule has 1 nitrogen and oxygen atoms in total. The van der Waals surface area contributed by atoms with E-state index in [4.69, 9.17) is 4.42 Å². The fraction of sp³-hybridized carbons (Fsp3) is 0.125. The van der Waals surface area contributed by atoms with Crippen molar-refractivity contribution in [2.24, 2.45) is 0 Å². The second-order valence-corrected chi connectivity index (χ2v) is 4.37. The van der Waals surface area contributed by atoms with Crippen molar-refractivity contribution in [1.29, 1.82) is 0 Å². The number of fused-ring (bicyclic) bond motifs is 3. The molecule has 17 heavy (non-hydrogen) atoms. The first kappa shape index (κ1) is 10.2. The van der Waals surface area contributed by atoms with Gasteiger partial charge in [0.15, 0.2) is 0 Å². The van der Waals surface area contributed by atoms with E-state index in [0.29, 0.717) is 0 Å². The second kappa shape index (κ2) is 3.77. The average molecular weight is 222 g/mol. The van der Waals surface area contributed by atoms with Crippen LogP contribution in [-0.4, -0.2) is 0 Å². The number of furan rings is 1. The minimum atomic E-state index is 0.897.